The first-order valence-corrected chi connectivity index (χ1v) is 24.2. The third kappa shape index (κ3) is 7.67. The molecule has 0 aliphatic heterocycles. The van der Waals surface area contributed by atoms with Crippen molar-refractivity contribution in [2.45, 2.75) is 108 Å². The molecule has 0 bridgehead atoms. The van der Waals surface area contributed by atoms with Gasteiger partial charge in [-0.05, 0) is 153 Å². The van der Waals surface area contributed by atoms with Gasteiger partial charge in [0.05, 0.1) is 0 Å². The molecule has 7 rings (SSSR count). The molecular formula is C57H64Si. The number of hydrogen-bond acceptors (Lipinski definition) is 0. The standard InChI is InChI=1S/C57H64Si/c1-11-42-26-43(12-2)30-51(29-42)48-20-17-23-54(35-48)58(57-40(9)38(7)39(8)41(57)10,55-24-18-21-49(36-55)52-31-44(13-3)27-45(14-4)32-52)56-25-19-22-50(37-56)53-33-46(15-5)28-47(16-6)34-53/h17-37,40H,11-16H2,1-10H3. The summed E-state index contributed by atoms with van der Waals surface area (Å²) in [6.45, 7) is 23.3. The van der Waals surface area contributed by atoms with Crippen LogP contribution in [0.4, 0.5) is 0 Å². The summed E-state index contributed by atoms with van der Waals surface area (Å²) in [6, 6.07) is 51.1. The predicted molar refractivity (Wildman–Crippen MR) is 257 cm³/mol. The Morgan fingerprint density at radius 2 is 0.655 bits per heavy atom. The molecule has 0 fully saturated rings. The summed E-state index contributed by atoms with van der Waals surface area (Å²) in [5.74, 6) is 0.322. The minimum atomic E-state index is -2.99. The highest BCUT2D eigenvalue weighted by Crippen LogP contribution is 2.42. The lowest BCUT2D eigenvalue weighted by Gasteiger charge is -2.39. The van der Waals surface area contributed by atoms with Crippen molar-refractivity contribution in [1.29, 1.82) is 0 Å². The van der Waals surface area contributed by atoms with E-state index in [0.717, 1.165) is 38.5 Å². The van der Waals surface area contributed by atoms with Crippen LogP contribution in [-0.4, -0.2) is 8.07 Å². The smallest absolute Gasteiger partial charge is 0.0636 e. The highest BCUT2D eigenvalue weighted by molar-refractivity contribution is 7.16. The van der Waals surface area contributed by atoms with Crippen LogP contribution in [0.5, 0.6) is 0 Å². The number of rotatable bonds is 13. The Hall–Kier alpha value is -4.98. The molecular weight excluding hydrogens is 713 g/mol. The molecule has 0 heterocycles. The molecule has 58 heavy (non-hydrogen) atoms. The molecule has 6 aromatic carbocycles. The van der Waals surface area contributed by atoms with Crippen LogP contribution in [0.2, 0.25) is 0 Å². The van der Waals surface area contributed by atoms with Gasteiger partial charge in [-0.2, -0.15) is 0 Å². The van der Waals surface area contributed by atoms with Gasteiger partial charge >= 0.3 is 0 Å². The van der Waals surface area contributed by atoms with E-state index in [1.165, 1.54) is 99.0 Å². The number of aryl methyl sites for hydroxylation is 6. The second-order valence-corrected chi connectivity index (χ2v) is 20.6. The SMILES string of the molecule is CCc1cc(CC)cc(-c2cccc([Si](C3=C(C)C(C)=C(C)C3C)(c3cccc(-c4cc(CC)cc(CC)c4)c3)c3cccc(-c4cc(CC)cc(CC)c4)c3)c2)c1. The summed E-state index contributed by atoms with van der Waals surface area (Å²) in [5.41, 5.74) is 20.8. The zero-order chi connectivity index (χ0) is 41.1. The minimum Gasteiger partial charge on any atom is -0.0636 e. The van der Waals surface area contributed by atoms with E-state index in [-0.39, 0.29) is 0 Å². The van der Waals surface area contributed by atoms with E-state index < -0.39 is 8.07 Å². The lowest BCUT2D eigenvalue weighted by molar-refractivity contribution is 0.851. The molecule has 0 aromatic heterocycles. The number of allylic oxidation sites excluding steroid dienone is 4. The van der Waals surface area contributed by atoms with E-state index in [0.29, 0.717) is 5.92 Å². The fourth-order valence-electron chi connectivity index (χ4n) is 9.74. The van der Waals surface area contributed by atoms with Crippen molar-refractivity contribution in [3.63, 3.8) is 0 Å². The summed E-state index contributed by atoms with van der Waals surface area (Å²) < 4.78 is 0. The van der Waals surface area contributed by atoms with E-state index in [9.17, 15) is 0 Å². The van der Waals surface area contributed by atoms with Gasteiger partial charge in [-0.25, -0.2) is 0 Å². The average molecular weight is 777 g/mol. The molecule has 0 N–H and O–H groups in total. The van der Waals surface area contributed by atoms with Crippen LogP contribution in [0.25, 0.3) is 33.4 Å². The zero-order valence-electron chi connectivity index (χ0n) is 36.9. The summed E-state index contributed by atoms with van der Waals surface area (Å²) >= 11 is 0. The first-order valence-electron chi connectivity index (χ1n) is 22.2. The van der Waals surface area contributed by atoms with Gasteiger partial charge in [0.15, 0.2) is 8.07 Å². The molecule has 0 saturated heterocycles. The maximum Gasteiger partial charge on any atom is 0.176 e. The monoisotopic (exact) mass is 776 g/mol. The molecule has 1 heteroatoms. The lowest BCUT2D eigenvalue weighted by Crippen LogP contribution is -2.69. The van der Waals surface area contributed by atoms with Gasteiger partial charge in [0, 0.05) is 0 Å². The fourth-order valence-corrected chi connectivity index (χ4v) is 15.4. The molecule has 1 aliphatic carbocycles. The van der Waals surface area contributed by atoms with Crippen molar-refractivity contribution < 1.29 is 0 Å². The molecule has 1 atom stereocenters. The Balaban J connectivity index is 1.60. The van der Waals surface area contributed by atoms with Gasteiger partial charge in [0.1, 0.15) is 0 Å². The summed E-state index contributed by atoms with van der Waals surface area (Å²) in [4.78, 5) is 0. The molecule has 0 radical (unpaired) electrons. The van der Waals surface area contributed by atoms with E-state index in [1.54, 1.807) is 5.20 Å². The van der Waals surface area contributed by atoms with Crippen molar-refractivity contribution in [2.24, 2.45) is 5.92 Å². The quantitative estimate of drug-likeness (QED) is 0.0809. The molecule has 1 unspecified atom stereocenters. The first-order chi connectivity index (χ1) is 28.1. The Morgan fingerprint density at radius 1 is 0.362 bits per heavy atom. The van der Waals surface area contributed by atoms with Gasteiger partial charge in [0.25, 0.3) is 0 Å². The van der Waals surface area contributed by atoms with Crippen molar-refractivity contribution >= 4 is 23.6 Å². The largest absolute Gasteiger partial charge is 0.176 e. The molecule has 1 aliphatic rings. The third-order valence-corrected chi connectivity index (χ3v) is 18.7. The Morgan fingerprint density at radius 3 is 0.897 bits per heavy atom. The molecule has 0 nitrogen and oxygen atoms in total. The van der Waals surface area contributed by atoms with Crippen molar-refractivity contribution in [3.8, 4) is 33.4 Å². The topological polar surface area (TPSA) is 0 Å². The van der Waals surface area contributed by atoms with Crippen LogP contribution in [0.15, 0.2) is 149 Å². The predicted octanol–water partition coefficient (Wildman–Crippen LogP) is 13.4. The van der Waals surface area contributed by atoms with Crippen LogP contribution < -0.4 is 15.6 Å². The highest BCUT2D eigenvalue weighted by atomic mass is 28.3. The third-order valence-electron chi connectivity index (χ3n) is 13.5. The van der Waals surface area contributed by atoms with Crippen LogP contribution in [0, 0.1) is 5.92 Å². The lowest BCUT2D eigenvalue weighted by atomic mass is 9.97. The molecule has 0 amide bonds. The maximum atomic E-state index is 2.59. The second kappa shape index (κ2) is 17.5. The van der Waals surface area contributed by atoms with Gasteiger partial charge < -0.3 is 0 Å². The number of hydrogen-bond donors (Lipinski definition) is 0. The Kier molecular flexibility index (Phi) is 12.4. The number of benzene rings is 6. The normalized spacial score (nSPS) is 14.5. The maximum absolute atomic E-state index is 2.99. The van der Waals surface area contributed by atoms with E-state index in [1.807, 2.05) is 0 Å². The van der Waals surface area contributed by atoms with Gasteiger partial charge in [-0.15, -0.1) is 0 Å². The molecule has 0 spiro atoms. The van der Waals surface area contributed by atoms with Crippen LogP contribution in [-0.2, 0) is 38.5 Å². The Bertz CT molecular complexity index is 2220. The molecule has 296 valence electrons. The molecule has 6 aromatic rings. The summed E-state index contributed by atoms with van der Waals surface area (Å²) in [5, 5.41) is 5.99. The van der Waals surface area contributed by atoms with Gasteiger partial charge in [-0.3, -0.25) is 0 Å². The second-order valence-electron chi connectivity index (χ2n) is 16.8. The van der Waals surface area contributed by atoms with Gasteiger partial charge in [-0.1, -0.05) is 192 Å². The van der Waals surface area contributed by atoms with Crippen molar-refractivity contribution in [3.05, 3.63) is 183 Å². The zero-order valence-corrected chi connectivity index (χ0v) is 37.9. The van der Waals surface area contributed by atoms with Crippen LogP contribution in [0.3, 0.4) is 0 Å². The minimum absolute atomic E-state index is 0.322. The summed E-state index contributed by atoms with van der Waals surface area (Å²) in [7, 11) is -2.99. The molecule has 0 saturated carbocycles. The van der Waals surface area contributed by atoms with Gasteiger partial charge in [0.2, 0.25) is 0 Å². The van der Waals surface area contributed by atoms with E-state index in [2.05, 4.69) is 197 Å². The average Bonchev–Trinajstić information content (AvgIpc) is 3.47. The highest BCUT2D eigenvalue weighted by Gasteiger charge is 2.48. The van der Waals surface area contributed by atoms with Crippen molar-refractivity contribution in [1.82, 2.24) is 0 Å². The van der Waals surface area contributed by atoms with Crippen molar-refractivity contribution in [2.75, 3.05) is 0 Å². The first kappa shape index (κ1) is 41.2. The summed E-state index contributed by atoms with van der Waals surface area (Å²) in [6.07, 6.45) is 6.19. The van der Waals surface area contributed by atoms with Crippen LogP contribution >= 0.6 is 0 Å². The fraction of sp³-hybridized carbons (Fsp3) is 0.298. The van der Waals surface area contributed by atoms with E-state index >= 15 is 0 Å². The van der Waals surface area contributed by atoms with Crippen LogP contribution in [0.1, 0.15) is 103 Å². The Labute approximate surface area is 351 Å². The van der Waals surface area contributed by atoms with E-state index in [4.69, 9.17) is 0 Å².